The van der Waals surface area contributed by atoms with E-state index < -0.39 is 0 Å². The zero-order valence-electron chi connectivity index (χ0n) is 12.4. The van der Waals surface area contributed by atoms with E-state index in [0.717, 1.165) is 6.42 Å². The molecular formula is C17H17NO3S. The van der Waals surface area contributed by atoms with Crippen molar-refractivity contribution in [3.8, 4) is 5.75 Å². The Balaban J connectivity index is 1.79. The van der Waals surface area contributed by atoms with Gasteiger partial charge in [-0.2, -0.15) is 0 Å². The van der Waals surface area contributed by atoms with Gasteiger partial charge in [-0.1, -0.05) is 6.07 Å². The third kappa shape index (κ3) is 2.90. The molecule has 0 N–H and O–H groups in total. The lowest BCUT2D eigenvalue weighted by Crippen LogP contribution is -2.37. The third-order valence-electron chi connectivity index (χ3n) is 3.82. The summed E-state index contributed by atoms with van der Waals surface area (Å²) < 4.78 is 5.17. The van der Waals surface area contributed by atoms with Crippen LogP contribution in [-0.2, 0) is 11.2 Å². The fourth-order valence-corrected chi connectivity index (χ4v) is 3.36. The maximum absolute atomic E-state index is 12.5. The zero-order valence-corrected chi connectivity index (χ0v) is 13.2. The van der Waals surface area contributed by atoms with Crippen molar-refractivity contribution in [3.05, 3.63) is 46.2 Å². The van der Waals surface area contributed by atoms with Gasteiger partial charge in [0.2, 0.25) is 5.91 Å². The van der Waals surface area contributed by atoms with E-state index >= 15 is 0 Å². The van der Waals surface area contributed by atoms with Crippen molar-refractivity contribution in [2.45, 2.75) is 19.3 Å². The maximum atomic E-state index is 12.5. The van der Waals surface area contributed by atoms with Gasteiger partial charge in [-0.05, 0) is 36.1 Å². The number of hydrogen-bond acceptors (Lipinski definition) is 4. The summed E-state index contributed by atoms with van der Waals surface area (Å²) in [6.45, 7) is 0.460. The standard InChI is InChI=1S/C17H17NO3S/c1-21-12-4-6-15-14(11-12)16(19)8-9-18(15)17(20)7-5-13-3-2-10-22-13/h2-4,6,10-11H,5,7-9H2,1H3. The van der Waals surface area contributed by atoms with Crippen LogP contribution in [0.4, 0.5) is 5.69 Å². The number of carbonyl (C=O) groups excluding carboxylic acids is 2. The normalized spacial score (nSPS) is 13.9. The van der Waals surface area contributed by atoms with Crippen LogP contribution in [0.5, 0.6) is 5.75 Å². The van der Waals surface area contributed by atoms with Gasteiger partial charge in [0.05, 0.1) is 12.8 Å². The van der Waals surface area contributed by atoms with Crippen LogP contribution in [0.15, 0.2) is 35.7 Å². The first-order valence-corrected chi connectivity index (χ1v) is 8.11. The second-order valence-electron chi connectivity index (χ2n) is 5.18. The number of hydrogen-bond donors (Lipinski definition) is 0. The number of carbonyl (C=O) groups is 2. The smallest absolute Gasteiger partial charge is 0.227 e. The zero-order chi connectivity index (χ0) is 15.5. The Morgan fingerprint density at radius 3 is 2.95 bits per heavy atom. The Morgan fingerprint density at radius 1 is 1.36 bits per heavy atom. The first kappa shape index (κ1) is 14.8. The van der Waals surface area contributed by atoms with Crippen LogP contribution in [-0.4, -0.2) is 25.3 Å². The van der Waals surface area contributed by atoms with Gasteiger partial charge < -0.3 is 9.64 Å². The molecule has 0 saturated heterocycles. The number of amides is 1. The second kappa shape index (κ2) is 6.32. The van der Waals surface area contributed by atoms with E-state index in [-0.39, 0.29) is 11.7 Å². The van der Waals surface area contributed by atoms with Crippen LogP contribution in [0.1, 0.15) is 28.1 Å². The van der Waals surface area contributed by atoms with Crippen molar-refractivity contribution >= 4 is 28.7 Å². The van der Waals surface area contributed by atoms with E-state index in [1.54, 1.807) is 41.5 Å². The summed E-state index contributed by atoms with van der Waals surface area (Å²) in [4.78, 5) is 27.5. The van der Waals surface area contributed by atoms with Gasteiger partial charge in [0.1, 0.15) is 5.75 Å². The summed E-state index contributed by atoms with van der Waals surface area (Å²) >= 11 is 1.66. The highest BCUT2D eigenvalue weighted by atomic mass is 32.1. The summed E-state index contributed by atoms with van der Waals surface area (Å²) in [6, 6.07) is 9.34. The van der Waals surface area contributed by atoms with Gasteiger partial charge in [0.25, 0.3) is 0 Å². The van der Waals surface area contributed by atoms with E-state index in [1.165, 1.54) is 4.88 Å². The highest BCUT2D eigenvalue weighted by Crippen LogP contribution is 2.31. The van der Waals surface area contributed by atoms with Gasteiger partial charge in [-0.3, -0.25) is 9.59 Å². The fraction of sp³-hybridized carbons (Fsp3) is 0.294. The number of ether oxygens (including phenoxy) is 1. The van der Waals surface area contributed by atoms with E-state index in [9.17, 15) is 9.59 Å². The third-order valence-corrected chi connectivity index (χ3v) is 4.76. The van der Waals surface area contributed by atoms with E-state index in [0.29, 0.717) is 36.4 Å². The summed E-state index contributed by atoms with van der Waals surface area (Å²) in [7, 11) is 1.57. The number of benzene rings is 1. The lowest BCUT2D eigenvalue weighted by molar-refractivity contribution is -0.118. The van der Waals surface area contributed by atoms with Crippen molar-refractivity contribution in [1.82, 2.24) is 0 Å². The summed E-state index contributed by atoms with van der Waals surface area (Å²) in [5, 5.41) is 2.01. The Bertz CT molecular complexity index is 694. The lowest BCUT2D eigenvalue weighted by Gasteiger charge is -2.29. The molecule has 3 rings (SSSR count). The number of thiophene rings is 1. The molecule has 22 heavy (non-hydrogen) atoms. The minimum atomic E-state index is 0.0623. The number of Topliss-reactive ketones (excluding diaryl/α,β-unsaturated/α-hetero) is 1. The molecule has 0 fully saturated rings. The molecule has 1 aliphatic heterocycles. The minimum Gasteiger partial charge on any atom is -0.497 e. The van der Waals surface area contributed by atoms with Gasteiger partial charge in [0.15, 0.2) is 5.78 Å². The predicted octanol–water partition coefficient (Wildman–Crippen LogP) is 3.31. The van der Waals surface area contributed by atoms with E-state index in [1.807, 2.05) is 17.5 Å². The molecule has 114 valence electrons. The Labute approximate surface area is 133 Å². The van der Waals surface area contributed by atoms with Gasteiger partial charge >= 0.3 is 0 Å². The molecule has 5 heteroatoms. The quantitative estimate of drug-likeness (QED) is 0.869. The molecule has 0 unspecified atom stereocenters. The van der Waals surface area contributed by atoms with Crippen LogP contribution < -0.4 is 9.64 Å². The molecular weight excluding hydrogens is 298 g/mol. The monoisotopic (exact) mass is 315 g/mol. The molecule has 0 spiro atoms. The highest BCUT2D eigenvalue weighted by molar-refractivity contribution is 7.09. The summed E-state index contributed by atoms with van der Waals surface area (Å²) in [5.74, 6) is 0.767. The van der Waals surface area contributed by atoms with Crippen LogP contribution >= 0.6 is 11.3 Å². The molecule has 0 bridgehead atoms. The topological polar surface area (TPSA) is 46.6 Å². The van der Waals surface area contributed by atoms with Gasteiger partial charge in [0, 0.05) is 29.8 Å². The van der Waals surface area contributed by atoms with Crippen molar-refractivity contribution in [2.24, 2.45) is 0 Å². The molecule has 0 saturated carbocycles. The summed E-state index contributed by atoms with van der Waals surface area (Å²) in [6.07, 6.45) is 1.57. The molecule has 1 aliphatic rings. The first-order valence-electron chi connectivity index (χ1n) is 7.23. The Morgan fingerprint density at radius 2 is 2.23 bits per heavy atom. The van der Waals surface area contributed by atoms with E-state index in [2.05, 4.69) is 0 Å². The molecule has 0 atom stereocenters. The molecule has 1 aromatic carbocycles. The molecule has 2 heterocycles. The van der Waals surface area contributed by atoms with E-state index in [4.69, 9.17) is 4.74 Å². The molecule has 1 amide bonds. The van der Waals surface area contributed by atoms with Gasteiger partial charge in [-0.25, -0.2) is 0 Å². The Hall–Kier alpha value is -2.14. The maximum Gasteiger partial charge on any atom is 0.227 e. The highest BCUT2D eigenvalue weighted by Gasteiger charge is 2.27. The molecule has 4 nitrogen and oxygen atoms in total. The van der Waals surface area contributed by atoms with Crippen LogP contribution in [0.3, 0.4) is 0 Å². The number of aryl methyl sites for hydroxylation is 1. The van der Waals surface area contributed by atoms with Crippen molar-refractivity contribution < 1.29 is 14.3 Å². The first-order chi connectivity index (χ1) is 10.7. The number of rotatable bonds is 4. The van der Waals surface area contributed by atoms with Crippen molar-refractivity contribution in [3.63, 3.8) is 0 Å². The number of anilines is 1. The number of nitrogens with zero attached hydrogens (tertiary/aromatic N) is 1. The Kier molecular flexibility index (Phi) is 4.24. The van der Waals surface area contributed by atoms with Gasteiger partial charge in [-0.15, -0.1) is 11.3 Å². The fourth-order valence-electron chi connectivity index (χ4n) is 2.65. The minimum absolute atomic E-state index is 0.0623. The molecule has 0 aliphatic carbocycles. The average molecular weight is 315 g/mol. The average Bonchev–Trinajstić information content (AvgIpc) is 3.06. The summed E-state index contributed by atoms with van der Waals surface area (Å²) in [5.41, 5.74) is 1.28. The second-order valence-corrected chi connectivity index (χ2v) is 6.21. The lowest BCUT2D eigenvalue weighted by atomic mass is 9.99. The molecule has 1 aromatic heterocycles. The van der Waals surface area contributed by atoms with Crippen LogP contribution in [0, 0.1) is 0 Å². The largest absolute Gasteiger partial charge is 0.497 e. The molecule has 2 aromatic rings. The number of ketones is 1. The predicted molar refractivity (Wildman–Crippen MR) is 86.9 cm³/mol. The van der Waals surface area contributed by atoms with Crippen LogP contribution in [0.2, 0.25) is 0 Å². The van der Waals surface area contributed by atoms with Crippen LogP contribution in [0.25, 0.3) is 0 Å². The SMILES string of the molecule is COc1ccc2c(c1)C(=O)CCN2C(=O)CCc1cccs1. The van der Waals surface area contributed by atoms with Crippen molar-refractivity contribution in [2.75, 3.05) is 18.6 Å². The number of fused-ring (bicyclic) bond motifs is 1. The molecule has 0 radical (unpaired) electrons. The number of methoxy groups -OCH3 is 1. The van der Waals surface area contributed by atoms with Crippen molar-refractivity contribution in [1.29, 1.82) is 0 Å².